The zero-order chi connectivity index (χ0) is 27.3. The first-order valence-corrected chi connectivity index (χ1v) is 12.8. The van der Waals surface area contributed by atoms with E-state index in [1.165, 1.54) is 0 Å². The number of aliphatic hydroxyl groups is 1. The standard InChI is InChI=1S/C29H37N3O5/c1-7-9-14(8-2)16-12-20(31(3)4)17-10-15-11-18-21(32(5)6)13-19(29(30)37)26(34)24(18)28(36)22(15)27(35)23(17)25(16)33/h7,9,12-15,18,21,24,33,36H,8,10-11H2,1-6H3,(H2,30,37)/b9-7-/t14?,15-,18-,21+,24?/m0/s1. The minimum Gasteiger partial charge on any atom is -0.511 e. The molecule has 0 spiro atoms. The summed E-state index contributed by atoms with van der Waals surface area (Å²) in [6.07, 6.45) is 7.19. The van der Waals surface area contributed by atoms with Crippen LogP contribution in [0.5, 0.6) is 5.75 Å². The number of likely N-dealkylation sites (N-methyl/N-ethyl adjacent to an activating group) is 1. The number of benzene rings is 1. The molecule has 0 fully saturated rings. The smallest absolute Gasteiger partial charge is 0.252 e. The summed E-state index contributed by atoms with van der Waals surface area (Å²) in [5.41, 5.74) is 7.99. The number of primary amides is 1. The molecule has 4 N–H and O–H groups in total. The maximum absolute atomic E-state index is 14.0. The molecule has 3 aliphatic rings. The van der Waals surface area contributed by atoms with Crippen molar-refractivity contribution in [2.45, 2.75) is 45.1 Å². The van der Waals surface area contributed by atoms with E-state index < -0.39 is 23.4 Å². The molecule has 1 aromatic carbocycles. The maximum atomic E-state index is 14.0. The Hall–Kier alpha value is -3.39. The van der Waals surface area contributed by atoms with Crippen LogP contribution in [0.3, 0.4) is 0 Å². The first kappa shape index (κ1) is 26.7. The van der Waals surface area contributed by atoms with E-state index in [9.17, 15) is 24.6 Å². The summed E-state index contributed by atoms with van der Waals surface area (Å²) in [7, 11) is 7.52. The Kier molecular flexibility index (Phi) is 7.08. The Balaban J connectivity index is 1.93. The number of hydrogen-bond donors (Lipinski definition) is 3. The van der Waals surface area contributed by atoms with E-state index in [0.717, 1.165) is 17.7 Å². The number of fused-ring (bicyclic) bond motifs is 3. The van der Waals surface area contributed by atoms with Crippen LogP contribution in [-0.2, 0) is 16.0 Å². The molecular formula is C29H37N3O5. The van der Waals surface area contributed by atoms with E-state index >= 15 is 0 Å². The number of carbonyl (C=O) groups is 3. The summed E-state index contributed by atoms with van der Waals surface area (Å²) in [5.74, 6) is -3.96. The van der Waals surface area contributed by atoms with Crippen LogP contribution in [0.25, 0.3) is 0 Å². The van der Waals surface area contributed by atoms with Crippen molar-refractivity contribution in [3.63, 3.8) is 0 Å². The summed E-state index contributed by atoms with van der Waals surface area (Å²) >= 11 is 0. The number of amides is 1. The minimum absolute atomic E-state index is 0.0738. The van der Waals surface area contributed by atoms with Crippen molar-refractivity contribution < 1.29 is 24.6 Å². The van der Waals surface area contributed by atoms with Gasteiger partial charge in [0.2, 0.25) is 0 Å². The third kappa shape index (κ3) is 4.17. The summed E-state index contributed by atoms with van der Waals surface area (Å²) < 4.78 is 0. The third-order valence-corrected chi connectivity index (χ3v) is 8.23. The first-order valence-electron chi connectivity index (χ1n) is 12.8. The van der Waals surface area contributed by atoms with Crippen LogP contribution in [0.1, 0.15) is 54.1 Å². The topological polar surface area (TPSA) is 124 Å². The van der Waals surface area contributed by atoms with Gasteiger partial charge in [-0.1, -0.05) is 25.2 Å². The van der Waals surface area contributed by atoms with Crippen molar-refractivity contribution in [1.29, 1.82) is 0 Å². The van der Waals surface area contributed by atoms with Gasteiger partial charge in [-0.25, -0.2) is 0 Å². The zero-order valence-electron chi connectivity index (χ0n) is 22.4. The molecule has 5 atom stereocenters. The highest BCUT2D eigenvalue weighted by atomic mass is 16.3. The lowest BCUT2D eigenvalue weighted by molar-refractivity contribution is -0.126. The van der Waals surface area contributed by atoms with Crippen molar-refractivity contribution in [2.75, 3.05) is 33.1 Å². The number of ketones is 2. The number of aromatic hydroxyl groups is 1. The fraction of sp³-hybridized carbons (Fsp3) is 0.483. The molecule has 0 aromatic heterocycles. The number of carbonyl (C=O) groups excluding carboxylic acids is 3. The van der Waals surface area contributed by atoms with Crippen LogP contribution < -0.4 is 10.6 Å². The lowest BCUT2D eigenvalue weighted by Gasteiger charge is -2.45. The van der Waals surface area contributed by atoms with Gasteiger partial charge in [-0.2, -0.15) is 0 Å². The predicted octanol–water partition coefficient (Wildman–Crippen LogP) is 3.26. The normalized spacial score (nSPS) is 26.1. The molecule has 3 aliphatic carbocycles. The highest BCUT2D eigenvalue weighted by Crippen LogP contribution is 2.51. The molecule has 0 radical (unpaired) electrons. The molecule has 0 saturated carbocycles. The molecule has 1 amide bonds. The van der Waals surface area contributed by atoms with Crippen molar-refractivity contribution in [3.8, 4) is 5.75 Å². The van der Waals surface area contributed by atoms with Crippen molar-refractivity contribution in [2.24, 2.45) is 23.5 Å². The zero-order valence-corrected chi connectivity index (χ0v) is 22.4. The van der Waals surface area contributed by atoms with Crippen LogP contribution in [0.2, 0.25) is 0 Å². The number of nitrogens with two attached hydrogens (primary N) is 1. The van der Waals surface area contributed by atoms with E-state index in [2.05, 4.69) is 0 Å². The molecule has 8 heteroatoms. The number of Topliss-reactive ketones (excluding diaryl/α,β-unsaturated/α-hetero) is 2. The van der Waals surface area contributed by atoms with E-state index in [1.54, 1.807) is 6.08 Å². The fourth-order valence-electron chi connectivity index (χ4n) is 6.51. The van der Waals surface area contributed by atoms with Gasteiger partial charge in [0, 0.05) is 42.9 Å². The van der Waals surface area contributed by atoms with Gasteiger partial charge in [0.05, 0.1) is 17.1 Å². The van der Waals surface area contributed by atoms with Gasteiger partial charge in [-0.15, -0.1) is 0 Å². The molecule has 37 heavy (non-hydrogen) atoms. The number of phenolic OH excluding ortho intramolecular Hbond substituents is 1. The number of aliphatic hydroxyl groups excluding tert-OH is 1. The molecule has 2 unspecified atom stereocenters. The van der Waals surface area contributed by atoms with Crippen LogP contribution in [0.15, 0.2) is 41.2 Å². The highest BCUT2D eigenvalue weighted by molar-refractivity contribution is 6.22. The molecule has 1 aromatic rings. The van der Waals surface area contributed by atoms with Crippen LogP contribution in [-0.4, -0.2) is 66.8 Å². The van der Waals surface area contributed by atoms with Crippen LogP contribution >= 0.6 is 0 Å². The number of allylic oxidation sites excluding steroid dienone is 4. The number of rotatable bonds is 6. The van der Waals surface area contributed by atoms with Gasteiger partial charge in [0.25, 0.3) is 5.91 Å². The Labute approximate surface area is 218 Å². The average molecular weight is 508 g/mol. The Morgan fingerprint density at radius 2 is 1.89 bits per heavy atom. The fourth-order valence-corrected chi connectivity index (χ4v) is 6.51. The quantitative estimate of drug-likeness (QED) is 0.399. The van der Waals surface area contributed by atoms with Crippen molar-refractivity contribution in [1.82, 2.24) is 4.90 Å². The maximum Gasteiger partial charge on any atom is 0.252 e. The van der Waals surface area contributed by atoms with Gasteiger partial charge in [-0.05, 0) is 63.7 Å². The van der Waals surface area contributed by atoms with Gasteiger partial charge in [-0.3, -0.25) is 14.4 Å². The predicted molar refractivity (Wildman–Crippen MR) is 143 cm³/mol. The van der Waals surface area contributed by atoms with Crippen LogP contribution in [0.4, 0.5) is 5.69 Å². The Bertz CT molecular complexity index is 1260. The monoisotopic (exact) mass is 507 g/mol. The second kappa shape index (κ2) is 9.82. The SMILES string of the molecule is C/C=C\C(CC)c1cc(N(C)C)c2c(c1O)C(=O)C1=C(O)C3C(=O)C(C(N)=O)=C[C@@H](N(C)C)[C@@H]3C[C@@H]1C2. The molecule has 198 valence electrons. The summed E-state index contributed by atoms with van der Waals surface area (Å²) in [6.45, 7) is 3.94. The van der Waals surface area contributed by atoms with E-state index in [0.29, 0.717) is 18.4 Å². The number of anilines is 1. The number of hydrogen-bond acceptors (Lipinski definition) is 7. The van der Waals surface area contributed by atoms with Crippen LogP contribution in [0, 0.1) is 17.8 Å². The third-order valence-electron chi connectivity index (χ3n) is 8.23. The van der Waals surface area contributed by atoms with Crippen molar-refractivity contribution in [3.05, 3.63) is 57.9 Å². The molecule has 0 aliphatic heterocycles. The molecule has 0 heterocycles. The molecule has 0 saturated heterocycles. The summed E-state index contributed by atoms with van der Waals surface area (Å²) in [5, 5.41) is 22.9. The Morgan fingerprint density at radius 3 is 2.43 bits per heavy atom. The van der Waals surface area contributed by atoms with E-state index in [4.69, 9.17) is 5.73 Å². The summed E-state index contributed by atoms with van der Waals surface area (Å²) in [4.78, 5) is 43.3. The second-order valence-electron chi connectivity index (χ2n) is 10.8. The Morgan fingerprint density at radius 1 is 1.22 bits per heavy atom. The largest absolute Gasteiger partial charge is 0.511 e. The van der Waals surface area contributed by atoms with Gasteiger partial charge >= 0.3 is 0 Å². The molecule has 8 nitrogen and oxygen atoms in total. The van der Waals surface area contributed by atoms with Gasteiger partial charge in [0.1, 0.15) is 11.5 Å². The number of phenols is 1. The summed E-state index contributed by atoms with van der Waals surface area (Å²) in [6, 6.07) is 1.66. The van der Waals surface area contributed by atoms with Gasteiger partial charge < -0.3 is 25.7 Å². The van der Waals surface area contributed by atoms with Gasteiger partial charge in [0.15, 0.2) is 11.6 Å². The highest BCUT2D eigenvalue weighted by Gasteiger charge is 2.52. The van der Waals surface area contributed by atoms with E-state index in [1.807, 2.05) is 70.1 Å². The minimum atomic E-state index is -1.03. The molecule has 4 rings (SSSR count). The second-order valence-corrected chi connectivity index (χ2v) is 10.8. The molecule has 0 bridgehead atoms. The first-order chi connectivity index (χ1) is 17.4. The van der Waals surface area contributed by atoms with Crippen molar-refractivity contribution >= 4 is 23.2 Å². The van der Waals surface area contributed by atoms with E-state index in [-0.39, 0.29) is 52.0 Å². The molecular weight excluding hydrogens is 470 g/mol. The lowest BCUT2D eigenvalue weighted by Crippen LogP contribution is -2.51. The lowest BCUT2D eigenvalue weighted by atomic mass is 9.61. The number of nitrogens with zero attached hydrogens (tertiary/aromatic N) is 2. The average Bonchev–Trinajstić information content (AvgIpc) is 2.82.